The van der Waals surface area contributed by atoms with Gasteiger partial charge in [0.2, 0.25) is 0 Å². The van der Waals surface area contributed by atoms with Crippen LogP contribution < -0.4 is 15.0 Å². The van der Waals surface area contributed by atoms with Crippen molar-refractivity contribution in [2.24, 2.45) is 5.10 Å². The first-order valence-electron chi connectivity index (χ1n) is 12.0. The standard InChI is InChI=1S/C28H26Br2ClN3O3/c1-3-5-10-27-33-24-12-11-20(29)14-21(24)28(35)34(27)32-16-19-13-25(36-4-2)26(15-22(19)30)37-17-18-8-6-7-9-23(18)31/h6-9,11-16H,3-5,10,17H2,1-2H3. The molecule has 0 aliphatic carbocycles. The number of fused-ring (bicyclic) bond motifs is 1. The van der Waals surface area contributed by atoms with Crippen LogP contribution in [0, 0.1) is 0 Å². The van der Waals surface area contributed by atoms with Crippen molar-refractivity contribution in [2.75, 3.05) is 6.61 Å². The fourth-order valence-electron chi connectivity index (χ4n) is 3.73. The van der Waals surface area contributed by atoms with Crippen molar-refractivity contribution in [1.29, 1.82) is 0 Å². The summed E-state index contributed by atoms with van der Waals surface area (Å²) in [4.78, 5) is 18.1. The van der Waals surface area contributed by atoms with Crippen LogP contribution in [0.4, 0.5) is 0 Å². The van der Waals surface area contributed by atoms with Gasteiger partial charge in [0.05, 0.1) is 23.7 Å². The van der Waals surface area contributed by atoms with Gasteiger partial charge in [0.1, 0.15) is 12.4 Å². The molecule has 0 radical (unpaired) electrons. The van der Waals surface area contributed by atoms with Gasteiger partial charge in [-0.3, -0.25) is 4.79 Å². The highest BCUT2D eigenvalue weighted by atomic mass is 79.9. The zero-order valence-electron chi connectivity index (χ0n) is 20.5. The van der Waals surface area contributed by atoms with Crippen molar-refractivity contribution >= 4 is 60.6 Å². The molecule has 192 valence electrons. The number of halogens is 3. The average molecular weight is 648 g/mol. The lowest BCUT2D eigenvalue weighted by Gasteiger charge is -2.14. The van der Waals surface area contributed by atoms with Crippen molar-refractivity contribution in [3.63, 3.8) is 0 Å². The number of hydrogen-bond acceptors (Lipinski definition) is 5. The van der Waals surface area contributed by atoms with Crippen LogP contribution in [-0.2, 0) is 13.0 Å². The van der Waals surface area contributed by atoms with Gasteiger partial charge in [0, 0.05) is 31.5 Å². The Morgan fingerprint density at radius 3 is 2.59 bits per heavy atom. The highest BCUT2D eigenvalue weighted by molar-refractivity contribution is 9.10. The number of ether oxygens (including phenoxy) is 2. The van der Waals surface area contributed by atoms with Gasteiger partial charge in [-0.1, -0.05) is 59.1 Å². The fourth-order valence-corrected chi connectivity index (χ4v) is 4.71. The van der Waals surface area contributed by atoms with Crippen molar-refractivity contribution in [2.45, 2.75) is 39.7 Å². The van der Waals surface area contributed by atoms with E-state index >= 15 is 0 Å². The lowest BCUT2D eigenvalue weighted by Crippen LogP contribution is -2.22. The summed E-state index contributed by atoms with van der Waals surface area (Å²) in [6.07, 6.45) is 4.17. The van der Waals surface area contributed by atoms with Crippen molar-refractivity contribution in [3.8, 4) is 11.5 Å². The molecular weight excluding hydrogens is 622 g/mol. The first-order valence-corrected chi connectivity index (χ1v) is 14.0. The van der Waals surface area contributed by atoms with E-state index in [0.717, 1.165) is 32.9 Å². The summed E-state index contributed by atoms with van der Waals surface area (Å²) in [6, 6.07) is 16.7. The summed E-state index contributed by atoms with van der Waals surface area (Å²) in [5.74, 6) is 1.76. The maximum Gasteiger partial charge on any atom is 0.282 e. The van der Waals surface area contributed by atoms with Gasteiger partial charge in [0.25, 0.3) is 5.56 Å². The highest BCUT2D eigenvalue weighted by Gasteiger charge is 2.14. The first-order chi connectivity index (χ1) is 17.9. The highest BCUT2D eigenvalue weighted by Crippen LogP contribution is 2.34. The lowest BCUT2D eigenvalue weighted by atomic mass is 10.2. The normalized spacial score (nSPS) is 11.4. The Kier molecular flexibility index (Phi) is 9.40. The van der Waals surface area contributed by atoms with E-state index in [9.17, 15) is 4.79 Å². The maximum atomic E-state index is 13.4. The maximum absolute atomic E-state index is 13.4. The van der Waals surface area contributed by atoms with Crippen molar-refractivity contribution in [3.05, 3.63) is 95.9 Å². The van der Waals surface area contributed by atoms with E-state index in [-0.39, 0.29) is 5.56 Å². The van der Waals surface area contributed by atoms with Gasteiger partial charge in [-0.05, 0) is 65.7 Å². The van der Waals surface area contributed by atoms with Crippen LogP contribution in [0.15, 0.2) is 73.4 Å². The summed E-state index contributed by atoms with van der Waals surface area (Å²) in [6.45, 7) is 4.77. The molecule has 0 bridgehead atoms. The average Bonchev–Trinajstić information content (AvgIpc) is 2.89. The molecule has 37 heavy (non-hydrogen) atoms. The molecule has 6 nitrogen and oxygen atoms in total. The van der Waals surface area contributed by atoms with Gasteiger partial charge in [-0.25, -0.2) is 4.98 Å². The number of nitrogens with zero attached hydrogens (tertiary/aromatic N) is 3. The molecule has 0 spiro atoms. The molecule has 0 saturated heterocycles. The Morgan fingerprint density at radius 1 is 1.05 bits per heavy atom. The third kappa shape index (κ3) is 6.61. The number of benzene rings is 3. The van der Waals surface area contributed by atoms with Gasteiger partial charge in [-0.2, -0.15) is 9.78 Å². The van der Waals surface area contributed by atoms with E-state index in [2.05, 4.69) is 43.9 Å². The molecule has 3 aromatic carbocycles. The number of unbranched alkanes of at least 4 members (excludes halogenated alkanes) is 1. The number of hydrogen-bond donors (Lipinski definition) is 0. The fraction of sp³-hybridized carbons (Fsp3) is 0.250. The molecule has 0 atom stereocenters. The van der Waals surface area contributed by atoms with E-state index in [0.29, 0.717) is 52.9 Å². The van der Waals surface area contributed by atoms with Crippen LogP contribution in [0.2, 0.25) is 5.02 Å². The van der Waals surface area contributed by atoms with Crippen LogP contribution >= 0.6 is 43.5 Å². The number of rotatable bonds is 10. The van der Waals surface area contributed by atoms with Crippen molar-refractivity contribution < 1.29 is 9.47 Å². The summed E-state index contributed by atoms with van der Waals surface area (Å²) >= 11 is 13.3. The quantitative estimate of drug-likeness (QED) is 0.165. The number of aryl methyl sites for hydroxylation is 1. The molecular formula is C28H26Br2ClN3O3. The minimum Gasteiger partial charge on any atom is -0.490 e. The lowest BCUT2D eigenvalue weighted by molar-refractivity contribution is 0.269. The third-order valence-electron chi connectivity index (χ3n) is 5.65. The van der Waals surface area contributed by atoms with Gasteiger partial charge in [-0.15, -0.1) is 0 Å². The zero-order valence-corrected chi connectivity index (χ0v) is 24.4. The molecule has 9 heteroatoms. The molecule has 1 aromatic heterocycles. The van der Waals surface area contributed by atoms with E-state index < -0.39 is 0 Å². The Morgan fingerprint density at radius 2 is 1.84 bits per heavy atom. The molecule has 0 N–H and O–H groups in total. The smallest absolute Gasteiger partial charge is 0.282 e. The van der Waals surface area contributed by atoms with Gasteiger partial charge >= 0.3 is 0 Å². The summed E-state index contributed by atoms with van der Waals surface area (Å²) in [5.41, 5.74) is 2.05. The van der Waals surface area contributed by atoms with Gasteiger partial charge in [0.15, 0.2) is 11.5 Å². The summed E-state index contributed by atoms with van der Waals surface area (Å²) < 4.78 is 14.8. The van der Waals surface area contributed by atoms with E-state index in [4.69, 9.17) is 26.1 Å². The zero-order chi connectivity index (χ0) is 26.4. The Labute approximate surface area is 237 Å². The Balaban J connectivity index is 1.70. The van der Waals surface area contributed by atoms with Gasteiger partial charge < -0.3 is 9.47 Å². The topological polar surface area (TPSA) is 65.7 Å². The van der Waals surface area contributed by atoms with E-state index in [1.807, 2.05) is 55.5 Å². The summed E-state index contributed by atoms with van der Waals surface area (Å²) in [5, 5.41) is 5.71. The Hall–Kier alpha value is -2.68. The second-order valence-electron chi connectivity index (χ2n) is 8.29. The molecule has 4 rings (SSSR count). The molecule has 4 aromatic rings. The van der Waals surface area contributed by atoms with Crippen LogP contribution in [0.3, 0.4) is 0 Å². The largest absolute Gasteiger partial charge is 0.490 e. The molecule has 0 amide bonds. The predicted octanol–water partition coefficient (Wildman–Crippen LogP) is 7.78. The van der Waals surface area contributed by atoms with E-state index in [1.165, 1.54) is 4.68 Å². The SMILES string of the molecule is CCCCc1nc2ccc(Br)cc2c(=O)n1N=Cc1cc(OCC)c(OCc2ccccc2Cl)cc1Br. The molecule has 0 unspecified atom stereocenters. The second-order valence-corrected chi connectivity index (χ2v) is 10.5. The van der Waals surface area contributed by atoms with Crippen LogP contribution in [0.5, 0.6) is 11.5 Å². The van der Waals surface area contributed by atoms with Crippen LogP contribution in [0.1, 0.15) is 43.6 Å². The predicted molar refractivity (Wildman–Crippen MR) is 156 cm³/mol. The minimum atomic E-state index is -0.213. The number of aromatic nitrogens is 2. The Bertz CT molecular complexity index is 1500. The van der Waals surface area contributed by atoms with Crippen molar-refractivity contribution in [1.82, 2.24) is 9.66 Å². The molecule has 0 aliphatic heterocycles. The molecule has 0 aliphatic rings. The summed E-state index contributed by atoms with van der Waals surface area (Å²) in [7, 11) is 0. The minimum absolute atomic E-state index is 0.213. The van der Waals surface area contributed by atoms with E-state index in [1.54, 1.807) is 12.3 Å². The van der Waals surface area contributed by atoms with Crippen LogP contribution in [0.25, 0.3) is 10.9 Å². The first kappa shape index (κ1) is 27.4. The third-order valence-corrected chi connectivity index (χ3v) is 7.19. The molecule has 0 fully saturated rings. The second kappa shape index (κ2) is 12.7. The molecule has 1 heterocycles. The monoisotopic (exact) mass is 645 g/mol. The van der Waals surface area contributed by atoms with Crippen LogP contribution in [-0.4, -0.2) is 22.5 Å². The molecule has 0 saturated carbocycles.